The number of carbonyl (C=O) groups is 1. The number of halogens is 3. The number of para-hydroxylation sites is 1. The molecule has 0 bridgehead atoms. The van der Waals surface area contributed by atoms with Crippen LogP contribution in [-0.2, 0) is 0 Å². The zero-order chi connectivity index (χ0) is 21.0. The summed E-state index contributed by atoms with van der Waals surface area (Å²) in [6.07, 6.45) is 1.01. The molecule has 0 radical (unpaired) electrons. The van der Waals surface area contributed by atoms with Crippen molar-refractivity contribution in [2.24, 2.45) is 0 Å². The van der Waals surface area contributed by atoms with Gasteiger partial charge in [-0.05, 0) is 30.3 Å². The average molecular weight is 437 g/mol. The molecule has 0 saturated carbocycles. The Hall–Kier alpha value is -3.50. The first-order chi connectivity index (χ1) is 13.9. The Morgan fingerprint density at radius 3 is 2.52 bits per heavy atom. The molecule has 1 amide bonds. The van der Waals surface area contributed by atoms with Gasteiger partial charge >= 0.3 is 5.69 Å². The second-order valence-corrected chi connectivity index (χ2v) is 6.33. The van der Waals surface area contributed by atoms with Crippen molar-refractivity contribution in [3.8, 4) is 0 Å². The van der Waals surface area contributed by atoms with Gasteiger partial charge < -0.3 is 5.32 Å². The van der Waals surface area contributed by atoms with Crippen LogP contribution in [0.5, 0.6) is 0 Å². The van der Waals surface area contributed by atoms with Crippen LogP contribution in [0.4, 0.5) is 27.4 Å². The molecule has 148 valence electrons. The van der Waals surface area contributed by atoms with Crippen molar-refractivity contribution in [3.05, 3.63) is 80.3 Å². The number of nitro groups is 1. The van der Waals surface area contributed by atoms with Crippen molar-refractivity contribution in [2.45, 2.75) is 0 Å². The minimum Gasteiger partial charge on any atom is -0.332 e. The summed E-state index contributed by atoms with van der Waals surface area (Å²) >= 11 is 11.8. The van der Waals surface area contributed by atoms with Crippen molar-refractivity contribution in [2.75, 3.05) is 10.7 Å². The van der Waals surface area contributed by atoms with E-state index in [0.29, 0.717) is 5.02 Å². The quantitative estimate of drug-likeness (QED) is 0.388. The van der Waals surface area contributed by atoms with Crippen LogP contribution in [0.3, 0.4) is 0 Å². The van der Waals surface area contributed by atoms with Crippen molar-refractivity contribution in [1.82, 2.24) is 15.4 Å². The lowest BCUT2D eigenvalue weighted by Crippen LogP contribution is -2.30. The Bertz CT molecular complexity index is 1100. The van der Waals surface area contributed by atoms with Gasteiger partial charge in [0, 0.05) is 5.02 Å². The molecule has 0 spiro atoms. The molecule has 12 heteroatoms. The molecule has 1 aromatic heterocycles. The second-order valence-electron chi connectivity index (χ2n) is 5.48. The number of anilines is 3. The predicted octanol–water partition coefficient (Wildman–Crippen LogP) is 4.33. The van der Waals surface area contributed by atoms with E-state index in [2.05, 4.69) is 26.1 Å². The summed E-state index contributed by atoms with van der Waals surface area (Å²) in [6, 6.07) is 9.82. The van der Waals surface area contributed by atoms with E-state index in [1.807, 2.05) is 0 Å². The molecule has 3 N–H and O–H groups in total. The largest absolute Gasteiger partial charge is 0.355 e. The molecule has 0 aliphatic carbocycles. The van der Waals surface area contributed by atoms with Gasteiger partial charge in [0.1, 0.15) is 12.1 Å². The fourth-order valence-corrected chi connectivity index (χ4v) is 2.78. The number of hydrogen-bond donors (Lipinski definition) is 3. The number of rotatable bonds is 6. The SMILES string of the molecule is O=C(NNc1ncnc(Nc2ccccc2F)c1[N+](=O)[O-])c1ccc(Cl)cc1Cl. The number of carbonyl (C=O) groups excluding carboxylic acids is 1. The lowest BCUT2D eigenvalue weighted by Gasteiger charge is -2.11. The summed E-state index contributed by atoms with van der Waals surface area (Å²) in [7, 11) is 0. The smallest absolute Gasteiger partial charge is 0.332 e. The summed E-state index contributed by atoms with van der Waals surface area (Å²) in [5.41, 5.74) is 4.09. The maximum Gasteiger partial charge on any atom is 0.355 e. The standard InChI is InChI=1S/C17H11Cl2FN6O3/c18-9-5-6-10(11(19)7-9)17(27)25-24-16-14(26(28)29)15(21-8-22-16)23-13-4-2-1-3-12(13)20/h1-8H,(H,25,27)(H2,21,22,23,24). The summed E-state index contributed by atoms with van der Waals surface area (Å²) in [6.45, 7) is 0. The number of nitrogens with zero attached hydrogens (tertiary/aromatic N) is 3. The minimum atomic E-state index is -0.771. The monoisotopic (exact) mass is 436 g/mol. The van der Waals surface area contributed by atoms with Crippen LogP contribution < -0.4 is 16.2 Å². The van der Waals surface area contributed by atoms with Gasteiger partial charge in [-0.25, -0.2) is 14.4 Å². The summed E-state index contributed by atoms with van der Waals surface area (Å²) in [4.78, 5) is 30.6. The van der Waals surface area contributed by atoms with Gasteiger partial charge in [-0.15, -0.1) is 0 Å². The van der Waals surface area contributed by atoms with E-state index >= 15 is 0 Å². The van der Waals surface area contributed by atoms with Crippen LogP contribution in [0.25, 0.3) is 0 Å². The first-order valence-corrected chi connectivity index (χ1v) is 8.64. The zero-order valence-corrected chi connectivity index (χ0v) is 15.8. The van der Waals surface area contributed by atoms with Crippen molar-refractivity contribution >= 4 is 52.1 Å². The number of aromatic nitrogens is 2. The van der Waals surface area contributed by atoms with E-state index in [9.17, 15) is 19.3 Å². The van der Waals surface area contributed by atoms with E-state index in [1.165, 1.54) is 36.4 Å². The third-order valence-electron chi connectivity index (χ3n) is 3.60. The molecule has 0 aliphatic heterocycles. The number of hydrogen-bond acceptors (Lipinski definition) is 7. The first kappa shape index (κ1) is 20.2. The molecule has 0 unspecified atom stereocenters. The van der Waals surface area contributed by atoms with Crippen molar-refractivity contribution < 1.29 is 14.1 Å². The Kier molecular flexibility index (Phi) is 6.05. The Labute approximate surface area is 173 Å². The fraction of sp³-hybridized carbons (Fsp3) is 0. The number of hydrazine groups is 1. The van der Waals surface area contributed by atoms with Crippen LogP contribution in [0.15, 0.2) is 48.8 Å². The molecular weight excluding hydrogens is 426 g/mol. The van der Waals surface area contributed by atoms with Crippen LogP contribution in [0.2, 0.25) is 10.0 Å². The third-order valence-corrected chi connectivity index (χ3v) is 4.15. The molecule has 2 aromatic carbocycles. The summed E-state index contributed by atoms with van der Waals surface area (Å²) < 4.78 is 13.8. The lowest BCUT2D eigenvalue weighted by molar-refractivity contribution is -0.383. The van der Waals surface area contributed by atoms with Gasteiger partial charge in [-0.1, -0.05) is 35.3 Å². The fourth-order valence-electron chi connectivity index (χ4n) is 2.28. The molecule has 3 aromatic rings. The first-order valence-electron chi connectivity index (χ1n) is 7.89. The summed E-state index contributed by atoms with van der Waals surface area (Å²) in [5.74, 6) is -1.89. The minimum absolute atomic E-state index is 0.0165. The van der Waals surface area contributed by atoms with Gasteiger partial charge in [-0.2, -0.15) is 0 Å². The predicted molar refractivity (Wildman–Crippen MR) is 106 cm³/mol. The molecule has 0 atom stereocenters. The lowest BCUT2D eigenvalue weighted by atomic mass is 10.2. The second kappa shape index (κ2) is 8.67. The summed E-state index contributed by atoms with van der Waals surface area (Å²) in [5, 5.41) is 14.5. The van der Waals surface area contributed by atoms with Crippen molar-refractivity contribution in [3.63, 3.8) is 0 Å². The van der Waals surface area contributed by atoms with Gasteiger partial charge in [-0.3, -0.25) is 25.8 Å². The molecule has 9 nitrogen and oxygen atoms in total. The molecule has 0 fully saturated rings. The van der Waals surface area contributed by atoms with Crippen LogP contribution >= 0.6 is 23.2 Å². The Morgan fingerprint density at radius 1 is 1.10 bits per heavy atom. The van der Waals surface area contributed by atoms with Crippen LogP contribution in [-0.4, -0.2) is 20.8 Å². The normalized spacial score (nSPS) is 10.3. The van der Waals surface area contributed by atoms with E-state index in [4.69, 9.17) is 23.2 Å². The molecule has 0 aliphatic rings. The van der Waals surface area contributed by atoms with Gasteiger partial charge in [0.2, 0.25) is 11.6 Å². The van der Waals surface area contributed by atoms with Gasteiger partial charge in [0.15, 0.2) is 0 Å². The number of amides is 1. The maximum atomic E-state index is 13.8. The molecule has 0 saturated heterocycles. The maximum absolute atomic E-state index is 13.8. The highest BCUT2D eigenvalue weighted by atomic mass is 35.5. The Balaban J connectivity index is 1.85. The van der Waals surface area contributed by atoms with Crippen LogP contribution in [0.1, 0.15) is 10.4 Å². The topological polar surface area (TPSA) is 122 Å². The molecule has 1 heterocycles. The van der Waals surface area contributed by atoms with E-state index in [-0.39, 0.29) is 27.9 Å². The van der Waals surface area contributed by atoms with Gasteiger partial charge in [0.25, 0.3) is 5.91 Å². The highest BCUT2D eigenvalue weighted by Gasteiger charge is 2.24. The molecular formula is C17H11Cl2FN6O3. The van der Waals surface area contributed by atoms with E-state index in [0.717, 1.165) is 6.33 Å². The third kappa shape index (κ3) is 4.68. The van der Waals surface area contributed by atoms with Crippen molar-refractivity contribution in [1.29, 1.82) is 0 Å². The Morgan fingerprint density at radius 2 is 1.83 bits per heavy atom. The number of benzene rings is 2. The zero-order valence-electron chi connectivity index (χ0n) is 14.3. The van der Waals surface area contributed by atoms with Gasteiger partial charge in [0.05, 0.1) is 21.2 Å². The van der Waals surface area contributed by atoms with E-state index < -0.39 is 22.3 Å². The number of nitrogens with one attached hydrogen (secondary N) is 3. The van der Waals surface area contributed by atoms with Crippen LogP contribution in [0, 0.1) is 15.9 Å². The highest BCUT2D eigenvalue weighted by Crippen LogP contribution is 2.31. The molecule has 29 heavy (non-hydrogen) atoms. The highest BCUT2D eigenvalue weighted by molar-refractivity contribution is 6.36. The molecule has 3 rings (SSSR count). The van der Waals surface area contributed by atoms with E-state index in [1.54, 1.807) is 6.07 Å². The average Bonchev–Trinajstić information content (AvgIpc) is 2.67.